The van der Waals surface area contributed by atoms with Gasteiger partial charge in [-0.05, 0) is 36.4 Å². The number of halogens is 1. The molecule has 0 saturated heterocycles. The molecule has 4 nitrogen and oxygen atoms in total. The van der Waals surface area contributed by atoms with Crippen molar-refractivity contribution in [1.82, 2.24) is 14.5 Å². The molecule has 3 aromatic carbocycles. The van der Waals surface area contributed by atoms with E-state index < -0.39 is 0 Å². The number of nitrogens with zero attached hydrogens (tertiary/aromatic N) is 3. The van der Waals surface area contributed by atoms with Crippen LogP contribution in [-0.2, 0) is 6.54 Å². The fraction of sp³-hybridized carbons (Fsp3) is 0.0909. The Labute approximate surface area is 164 Å². The maximum Gasteiger partial charge on any atom is 0.160 e. The molecule has 0 fully saturated rings. The van der Waals surface area contributed by atoms with Crippen molar-refractivity contribution in [2.24, 2.45) is 0 Å². The number of aromatic nitrogens is 3. The maximum absolute atomic E-state index is 5.55. The molecule has 0 radical (unpaired) electrons. The minimum Gasteiger partial charge on any atom is -0.496 e. The second-order valence-electron chi connectivity index (χ2n) is 6.44. The Balaban J connectivity index is 1.84. The number of benzene rings is 3. The van der Waals surface area contributed by atoms with Crippen molar-refractivity contribution in [2.45, 2.75) is 6.54 Å². The summed E-state index contributed by atoms with van der Waals surface area (Å²) in [6.07, 6.45) is 0. The van der Waals surface area contributed by atoms with Gasteiger partial charge in [0, 0.05) is 15.4 Å². The molecule has 132 valence electrons. The van der Waals surface area contributed by atoms with Gasteiger partial charge in [0.25, 0.3) is 0 Å². The molecule has 5 aromatic rings. The first-order chi connectivity index (χ1) is 13.2. The quantitative estimate of drug-likeness (QED) is 0.385. The largest absolute Gasteiger partial charge is 0.496 e. The summed E-state index contributed by atoms with van der Waals surface area (Å²) in [5, 5.41) is 1.09. The smallest absolute Gasteiger partial charge is 0.160 e. The molecule has 5 heteroatoms. The number of ether oxygens (including phenoxy) is 1. The molecule has 0 saturated carbocycles. The molecule has 0 N–H and O–H groups in total. The third kappa shape index (κ3) is 2.66. The van der Waals surface area contributed by atoms with E-state index in [4.69, 9.17) is 14.7 Å². The predicted octanol–water partition coefficient (Wildman–Crippen LogP) is 5.56. The van der Waals surface area contributed by atoms with Gasteiger partial charge in [-0.2, -0.15) is 0 Å². The highest BCUT2D eigenvalue weighted by atomic mass is 79.9. The fourth-order valence-corrected chi connectivity index (χ4v) is 3.93. The molecule has 0 aliphatic rings. The van der Waals surface area contributed by atoms with E-state index in [0.29, 0.717) is 6.54 Å². The molecule has 5 rings (SSSR count). The SMILES string of the molecule is COc1ccccc1Cn1c2ccc(Br)cc2c2nc3ccccc3nc21. The van der Waals surface area contributed by atoms with E-state index in [-0.39, 0.29) is 0 Å². The first-order valence-corrected chi connectivity index (χ1v) is 9.50. The molecule has 0 spiro atoms. The first kappa shape index (κ1) is 16.3. The van der Waals surface area contributed by atoms with Crippen LogP contribution in [0.4, 0.5) is 0 Å². The van der Waals surface area contributed by atoms with Gasteiger partial charge in [-0.15, -0.1) is 0 Å². The third-order valence-electron chi connectivity index (χ3n) is 4.83. The Bertz CT molecular complexity index is 1310. The number of hydrogen-bond acceptors (Lipinski definition) is 3. The summed E-state index contributed by atoms with van der Waals surface area (Å²) in [6, 6.07) is 22.4. The number of fused-ring (bicyclic) bond motifs is 4. The third-order valence-corrected chi connectivity index (χ3v) is 5.33. The highest BCUT2D eigenvalue weighted by Crippen LogP contribution is 2.32. The standard InChI is InChI=1S/C22H16BrN3O/c1-27-20-9-5-2-6-14(20)13-26-19-11-10-15(23)12-16(19)21-22(26)25-18-8-4-3-7-17(18)24-21/h2-12H,13H2,1H3. The highest BCUT2D eigenvalue weighted by Gasteiger charge is 2.16. The van der Waals surface area contributed by atoms with Gasteiger partial charge in [0.15, 0.2) is 5.65 Å². The first-order valence-electron chi connectivity index (χ1n) is 8.71. The molecule has 0 aliphatic carbocycles. The normalized spacial score (nSPS) is 11.5. The summed E-state index contributed by atoms with van der Waals surface area (Å²) in [6.45, 7) is 0.665. The summed E-state index contributed by atoms with van der Waals surface area (Å²) < 4.78 is 8.80. The van der Waals surface area contributed by atoms with Gasteiger partial charge in [-0.25, -0.2) is 9.97 Å². The number of hydrogen-bond donors (Lipinski definition) is 0. The fourth-order valence-electron chi connectivity index (χ4n) is 3.57. The van der Waals surface area contributed by atoms with Crippen molar-refractivity contribution < 1.29 is 4.74 Å². The molecule has 0 atom stereocenters. The molecule has 0 bridgehead atoms. The van der Waals surface area contributed by atoms with Crippen molar-refractivity contribution in [3.05, 3.63) is 76.8 Å². The average Bonchev–Trinajstić information content (AvgIpc) is 2.99. The second-order valence-corrected chi connectivity index (χ2v) is 7.36. The zero-order chi connectivity index (χ0) is 18.4. The molecular weight excluding hydrogens is 402 g/mol. The molecule has 27 heavy (non-hydrogen) atoms. The van der Waals surface area contributed by atoms with E-state index in [0.717, 1.165) is 48.9 Å². The van der Waals surface area contributed by atoms with Crippen LogP contribution in [0.25, 0.3) is 33.1 Å². The molecule has 0 aliphatic heterocycles. The Morgan fingerprint density at radius 1 is 0.926 bits per heavy atom. The monoisotopic (exact) mass is 417 g/mol. The predicted molar refractivity (Wildman–Crippen MR) is 112 cm³/mol. The van der Waals surface area contributed by atoms with Gasteiger partial charge in [-0.3, -0.25) is 0 Å². The van der Waals surface area contributed by atoms with Gasteiger partial charge in [0.1, 0.15) is 11.3 Å². The van der Waals surface area contributed by atoms with Crippen LogP contribution in [0.3, 0.4) is 0 Å². The summed E-state index contributed by atoms with van der Waals surface area (Å²) >= 11 is 3.59. The lowest BCUT2D eigenvalue weighted by molar-refractivity contribution is 0.409. The Hall–Kier alpha value is -2.92. The zero-order valence-electron chi connectivity index (χ0n) is 14.7. The van der Waals surface area contributed by atoms with E-state index in [1.807, 2.05) is 42.5 Å². The lowest BCUT2D eigenvalue weighted by Crippen LogP contribution is -2.03. The maximum atomic E-state index is 5.55. The van der Waals surface area contributed by atoms with Crippen LogP contribution in [-0.4, -0.2) is 21.6 Å². The number of methoxy groups -OCH3 is 1. The van der Waals surface area contributed by atoms with Crippen molar-refractivity contribution in [3.8, 4) is 5.75 Å². The lowest BCUT2D eigenvalue weighted by atomic mass is 10.2. The summed E-state index contributed by atoms with van der Waals surface area (Å²) in [7, 11) is 1.70. The topological polar surface area (TPSA) is 39.9 Å². The Morgan fingerprint density at radius 3 is 2.48 bits per heavy atom. The van der Waals surface area contributed by atoms with Gasteiger partial charge in [-0.1, -0.05) is 46.3 Å². The van der Waals surface area contributed by atoms with E-state index in [1.54, 1.807) is 7.11 Å². The van der Waals surface area contributed by atoms with Crippen LogP contribution in [0.1, 0.15) is 5.56 Å². The zero-order valence-corrected chi connectivity index (χ0v) is 16.3. The van der Waals surface area contributed by atoms with E-state index in [2.05, 4.69) is 44.8 Å². The second kappa shape index (κ2) is 6.35. The van der Waals surface area contributed by atoms with E-state index >= 15 is 0 Å². The van der Waals surface area contributed by atoms with Crippen molar-refractivity contribution in [3.63, 3.8) is 0 Å². The highest BCUT2D eigenvalue weighted by molar-refractivity contribution is 9.10. The van der Waals surface area contributed by atoms with Crippen LogP contribution in [0.15, 0.2) is 71.2 Å². The lowest BCUT2D eigenvalue weighted by Gasteiger charge is -2.11. The van der Waals surface area contributed by atoms with Crippen molar-refractivity contribution in [2.75, 3.05) is 7.11 Å². The van der Waals surface area contributed by atoms with Crippen molar-refractivity contribution in [1.29, 1.82) is 0 Å². The number of para-hydroxylation sites is 3. The van der Waals surface area contributed by atoms with Gasteiger partial charge < -0.3 is 9.30 Å². The molecular formula is C22H16BrN3O. The molecule has 2 heterocycles. The van der Waals surface area contributed by atoms with Crippen LogP contribution >= 0.6 is 15.9 Å². The average molecular weight is 418 g/mol. The minimum atomic E-state index is 0.665. The van der Waals surface area contributed by atoms with Crippen molar-refractivity contribution >= 4 is 49.0 Å². The van der Waals surface area contributed by atoms with Gasteiger partial charge in [0.2, 0.25) is 0 Å². The van der Waals surface area contributed by atoms with Crippen LogP contribution in [0, 0.1) is 0 Å². The number of rotatable bonds is 3. The van der Waals surface area contributed by atoms with E-state index in [1.165, 1.54) is 0 Å². The van der Waals surface area contributed by atoms with Crippen LogP contribution in [0.2, 0.25) is 0 Å². The molecule has 0 amide bonds. The summed E-state index contributed by atoms with van der Waals surface area (Å²) in [5.74, 6) is 0.873. The summed E-state index contributed by atoms with van der Waals surface area (Å²) in [4.78, 5) is 9.86. The minimum absolute atomic E-state index is 0.665. The molecule has 0 unspecified atom stereocenters. The van der Waals surface area contributed by atoms with E-state index in [9.17, 15) is 0 Å². The van der Waals surface area contributed by atoms with Gasteiger partial charge >= 0.3 is 0 Å². The molecule has 2 aromatic heterocycles. The van der Waals surface area contributed by atoms with Gasteiger partial charge in [0.05, 0.1) is 30.2 Å². The Morgan fingerprint density at radius 2 is 1.67 bits per heavy atom. The summed E-state index contributed by atoms with van der Waals surface area (Å²) in [5.41, 5.74) is 5.81. The Kier molecular flexibility index (Phi) is 3.83. The van der Waals surface area contributed by atoms with Crippen LogP contribution in [0.5, 0.6) is 5.75 Å². The van der Waals surface area contributed by atoms with Crippen LogP contribution < -0.4 is 4.74 Å².